The molecule has 20 heavy (non-hydrogen) atoms. The van der Waals surface area contributed by atoms with Crippen molar-refractivity contribution < 1.29 is 14.3 Å². The van der Waals surface area contributed by atoms with Gasteiger partial charge in [0.25, 0.3) is 0 Å². The summed E-state index contributed by atoms with van der Waals surface area (Å²) in [5, 5.41) is 9.08. The lowest BCUT2D eigenvalue weighted by atomic mass is 9.98. The molecule has 1 atom stereocenters. The van der Waals surface area contributed by atoms with Gasteiger partial charge in [-0.15, -0.1) is 0 Å². The van der Waals surface area contributed by atoms with E-state index in [4.69, 9.17) is 5.11 Å². The summed E-state index contributed by atoms with van der Waals surface area (Å²) < 4.78 is 13.5. The number of piperidine rings is 1. The Labute approximate surface area is 119 Å². The largest absolute Gasteiger partial charge is 0.396 e. The first-order valence-electron chi connectivity index (χ1n) is 7.30. The topological polar surface area (TPSA) is 40.5 Å². The maximum atomic E-state index is 13.5. The molecule has 1 saturated heterocycles. The summed E-state index contributed by atoms with van der Waals surface area (Å²) in [6.07, 6.45) is 4.15. The van der Waals surface area contributed by atoms with Crippen LogP contribution in [0.2, 0.25) is 0 Å². The monoisotopic (exact) mass is 279 g/mol. The van der Waals surface area contributed by atoms with Crippen LogP contribution in [-0.4, -0.2) is 41.5 Å². The van der Waals surface area contributed by atoms with Crippen LogP contribution in [0, 0.1) is 5.82 Å². The molecule has 0 radical (unpaired) electrons. The molecule has 1 unspecified atom stereocenters. The number of halogens is 1. The highest BCUT2D eigenvalue weighted by molar-refractivity contribution is 5.82. The number of benzene rings is 1. The number of hydrogen-bond acceptors (Lipinski definition) is 3. The molecule has 0 aromatic heterocycles. The highest BCUT2D eigenvalue weighted by atomic mass is 19.1. The van der Waals surface area contributed by atoms with Gasteiger partial charge in [-0.3, -0.25) is 9.69 Å². The van der Waals surface area contributed by atoms with E-state index in [0.29, 0.717) is 24.6 Å². The number of carbonyl (C=O) groups is 1. The lowest BCUT2D eigenvalue weighted by molar-refractivity contribution is -0.120. The average molecular weight is 279 g/mol. The summed E-state index contributed by atoms with van der Waals surface area (Å²) in [6.45, 7) is 1.41. The molecule has 1 aromatic rings. The van der Waals surface area contributed by atoms with E-state index in [2.05, 4.69) is 4.90 Å². The van der Waals surface area contributed by atoms with Crippen molar-refractivity contribution in [2.24, 2.45) is 0 Å². The third-order valence-corrected chi connectivity index (χ3v) is 3.94. The second-order valence-electron chi connectivity index (χ2n) is 5.44. The van der Waals surface area contributed by atoms with Crippen LogP contribution in [0.25, 0.3) is 0 Å². The van der Waals surface area contributed by atoms with E-state index in [-0.39, 0.29) is 24.6 Å². The highest BCUT2D eigenvalue weighted by Crippen LogP contribution is 2.19. The summed E-state index contributed by atoms with van der Waals surface area (Å²) in [4.78, 5) is 14.3. The molecule has 0 saturated carbocycles. The number of hydrogen-bond donors (Lipinski definition) is 1. The van der Waals surface area contributed by atoms with Gasteiger partial charge in [0.2, 0.25) is 0 Å². The lowest BCUT2D eigenvalue weighted by Gasteiger charge is -2.34. The van der Waals surface area contributed by atoms with Crippen LogP contribution >= 0.6 is 0 Å². The number of nitrogens with zero attached hydrogens (tertiary/aromatic N) is 1. The second kappa shape index (κ2) is 7.50. The van der Waals surface area contributed by atoms with E-state index in [9.17, 15) is 9.18 Å². The van der Waals surface area contributed by atoms with E-state index in [1.165, 1.54) is 6.07 Å². The first kappa shape index (κ1) is 15.1. The molecule has 1 heterocycles. The summed E-state index contributed by atoms with van der Waals surface area (Å²) in [7, 11) is 0. The molecular weight excluding hydrogens is 257 g/mol. The van der Waals surface area contributed by atoms with Crippen molar-refractivity contribution in [3.05, 3.63) is 35.6 Å². The molecule has 0 bridgehead atoms. The smallest absolute Gasteiger partial charge is 0.151 e. The summed E-state index contributed by atoms with van der Waals surface area (Å²) in [5.41, 5.74) is 0.466. The van der Waals surface area contributed by atoms with Crippen molar-refractivity contribution in [3.63, 3.8) is 0 Å². The van der Waals surface area contributed by atoms with E-state index >= 15 is 0 Å². The zero-order valence-electron chi connectivity index (χ0n) is 11.7. The number of aliphatic hydroxyl groups excluding tert-OH is 1. The second-order valence-corrected chi connectivity index (χ2v) is 5.44. The molecule has 3 nitrogen and oxygen atoms in total. The third kappa shape index (κ3) is 4.12. The Kier molecular flexibility index (Phi) is 5.68. The van der Waals surface area contributed by atoms with Gasteiger partial charge in [0, 0.05) is 19.1 Å². The maximum Gasteiger partial charge on any atom is 0.151 e. The molecule has 0 spiro atoms. The van der Waals surface area contributed by atoms with Gasteiger partial charge in [-0.25, -0.2) is 4.39 Å². The number of ketones is 1. The Morgan fingerprint density at radius 1 is 1.35 bits per heavy atom. The van der Waals surface area contributed by atoms with Crippen LogP contribution in [0.1, 0.15) is 31.2 Å². The molecule has 1 aromatic carbocycles. The van der Waals surface area contributed by atoms with Crippen LogP contribution in [0.3, 0.4) is 0 Å². The standard InChI is InChI=1S/C16H22FNO2/c17-16-7-2-1-5-13(16)11-15(20)12-18-9-4-3-6-14(18)8-10-19/h1-2,5,7,14,19H,3-4,6,8-12H2. The van der Waals surface area contributed by atoms with Gasteiger partial charge in [-0.05, 0) is 37.4 Å². The summed E-state index contributed by atoms with van der Waals surface area (Å²) in [6, 6.07) is 6.72. The van der Waals surface area contributed by atoms with E-state index < -0.39 is 0 Å². The van der Waals surface area contributed by atoms with Crippen molar-refractivity contribution in [1.29, 1.82) is 0 Å². The Bertz CT molecular complexity index is 448. The minimum absolute atomic E-state index is 0.0416. The minimum atomic E-state index is -0.314. The van der Waals surface area contributed by atoms with Crippen LogP contribution in [0.5, 0.6) is 0 Å². The Hall–Kier alpha value is -1.26. The number of carbonyl (C=O) groups excluding carboxylic acids is 1. The quantitative estimate of drug-likeness (QED) is 0.867. The normalized spacial score (nSPS) is 20.0. The van der Waals surface area contributed by atoms with Gasteiger partial charge in [0.1, 0.15) is 5.82 Å². The predicted molar refractivity (Wildman–Crippen MR) is 76.0 cm³/mol. The van der Waals surface area contributed by atoms with Gasteiger partial charge in [0.05, 0.1) is 6.54 Å². The molecule has 1 aliphatic rings. The molecule has 1 N–H and O–H groups in total. The average Bonchev–Trinajstić information content (AvgIpc) is 2.44. The van der Waals surface area contributed by atoms with Crippen molar-refractivity contribution in [3.8, 4) is 0 Å². The first-order valence-corrected chi connectivity index (χ1v) is 7.30. The fourth-order valence-corrected chi connectivity index (χ4v) is 2.88. The Morgan fingerprint density at radius 3 is 2.90 bits per heavy atom. The molecule has 1 aliphatic heterocycles. The number of Topliss-reactive ketones (excluding diaryl/α,β-unsaturated/α-hetero) is 1. The maximum absolute atomic E-state index is 13.5. The first-order chi connectivity index (χ1) is 9.70. The Morgan fingerprint density at radius 2 is 2.15 bits per heavy atom. The molecule has 110 valence electrons. The zero-order chi connectivity index (χ0) is 14.4. The molecule has 4 heteroatoms. The molecular formula is C16H22FNO2. The SMILES string of the molecule is O=C(Cc1ccccc1F)CN1CCCCC1CCO. The lowest BCUT2D eigenvalue weighted by Crippen LogP contribution is -2.43. The van der Waals surface area contributed by atoms with Crippen molar-refractivity contribution >= 4 is 5.78 Å². The third-order valence-electron chi connectivity index (χ3n) is 3.94. The van der Waals surface area contributed by atoms with Gasteiger partial charge in [-0.2, -0.15) is 0 Å². The predicted octanol–water partition coefficient (Wildman–Crippen LogP) is 2.17. The number of aliphatic hydroxyl groups is 1. The zero-order valence-corrected chi connectivity index (χ0v) is 11.7. The van der Waals surface area contributed by atoms with E-state index in [1.54, 1.807) is 18.2 Å². The molecule has 0 aliphatic carbocycles. The molecule has 0 amide bonds. The molecule has 2 rings (SSSR count). The van der Waals surface area contributed by atoms with E-state index in [0.717, 1.165) is 25.8 Å². The van der Waals surface area contributed by atoms with Gasteiger partial charge in [-0.1, -0.05) is 24.6 Å². The fraction of sp³-hybridized carbons (Fsp3) is 0.562. The van der Waals surface area contributed by atoms with Gasteiger partial charge >= 0.3 is 0 Å². The summed E-state index contributed by atoms with van der Waals surface area (Å²) >= 11 is 0. The van der Waals surface area contributed by atoms with Crippen molar-refractivity contribution in [1.82, 2.24) is 4.90 Å². The van der Waals surface area contributed by atoms with Crippen molar-refractivity contribution in [2.75, 3.05) is 19.7 Å². The van der Waals surface area contributed by atoms with Crippen LogP contribution in [0.4, 0.5) is 4.39 Å². The highest BCUT2D eigenvalue weighted by Gasteiger charge is 2.23. The van der Waals surface area contributed by atoms with Crippen molar-refractivity contribution in [2.45, 2.75) is 38.1 Å². The van der Waals surface area contributed by atoms with Crippen LogP contribution < -0.4 is 0 Å². The van der Waals surface area contributed by atoms with Gasteiger partial charge in [0.15, 0.2) is 5.78 Å². The fourth-order valence-electron chi connectivity index (χ4n) is 2.88. The van der Waals surface area contributed by atoms with Crippen LogP contribution in [0.15, 0.2) is 24.3 Å². The van der Waals surface area contributed by atoms with E-state index in [1.807, 2.05) is 0 Å². The Balaban J connectivity index is 1.91. The number of rotatable bonds is 6. The number of likely N-dealkylation sites (tertiary alicyclic amines) is 1. The molecule has 1 fully saturated rings. The van der Waals surface area contributed by atoms with Gasteiger partial charge < -0.3 is 5.11 Å². The van der Waals surface area contributed by atoms with Crippen LogP contribution in [-0.2, 0) is 11.2 Å². The summed E-state index contributed by atoms with van der Waals surface area (Å²) in [5.74, 6) is -0.272. The minimum Gasteiger partial charge on any atom is -0.396 e.